The maximum atomic E-state index is 12.1. The van der Waals surface area contributed by atoms with Gasteiger partial charge in [0.2, 0.25) is 0 Å². The number of anilines is 1. The highest BCUT2D eigenvalue weighted by molar-refractivity contribution is 7.96. The molecule has 0 aliphatic rings. The van der Waals surface area contributed by atoms with Gasteiger partial charge in [0.05, 0.1) is 10.7 Å². The third kappa shape index (κ3) is 3.70. The van der Waals surface area contributed by atoms with Crippen molar-refractivity contribution in [1.82, 2.24) is 13.4 Å². The Bertz CT molecular complexity index is 871. The van der Waals surface area contributed by atoms with Gasteiger partial charge in [0, 0.05) is 31.3 Å². The molecule has 1 aromatic carbocycles. The quantitative estimate of drug-likeness (QED) is 0.381. The maximum Gasteiger partial charge on any atom is 0.335 e. The monoisotopic (exact) mass is 351 g/mol. The first-order valence-electron chi connectivity index (χ1n) is 6.51. The van der Waals surface area contributed by atoms with Crippen LogP contribution in [0.3, 0.4) is 0 Å². The molecule has 2 rings (SSSR count). The summed E-state index contributed by atoms with van der Waals surface area (Å²) in [5.74, 6) is 0. The van der Waals surface area contributed by atoms with E-state index in [4.69, 9.17) is 16.9 Å². The topological polar surface area (TPSA) is 83.1 Å². The Morgan fingerprint density at radius 1 is 1.39 bits per heavy atom. The molecule has 1 heterocycles. The van der Waals surface area contributed by atoms with Crippen molar-refractivity contribution in [3.8, 4) is 11.9 Å². The molecular weight excluding hydrogens is 338 g/mol. The molecule has 0 aliphatic carbocycles. The normalized spacial score (nSPS) is 10.2. The first-order chi connectivity index (χ1) is 11.0. The van der Waals surface area contributed by atoms with Gasteiger partial charge in [-0.05, 0) is 30.1 Å². The van der Waals surface area contributed by atoms with E-state index in [-0.39, 0.29) is 5.56 Å². The molecule has 0 unspecified atom stereocenters. The number of nitrogens with one attached hydrogen (secondary N) is 1. The summed E-state index contributed by atoms with van der Waals surface area (Å²) >= 11 is 7.54. The van der Waals surface area contributed by atoms with Crippen molar-refractivity contribution < 1.29 is 0 Å². The van der Waals surface area contributed by atoms with Gasteiger partial charge in [0.15, 0.2) is 6.19 Å². The lowest BCUT2D eigenvalue weighted by molar-refractivity contribution is 0.691. The molecular formula is C14H14ClN5O2S. The Balaban J connectivity index is 2.31. The average molecular weight is 352 g/mol. The number of aromatic nitrogens is 2. The summed E-state index contributed by atoms with van der Waals surface area (Å²) in [6.07, 6.45) is 5.21. The molecule has 120 valence electrons. The van der Waals surface area contributed by atoms with Crippen molar-refractivity contribution in [2.75, 3.05) is 18.2 Å². The number of benzene rings is 1. The van der Waals surface area contributed by atoms with Gasteiger partial charge in [-0.25, -0.2) is 9.10 Å². The largest absolute Gasteiger partial charge is 0.366 e. The standard InChI is InChI=1S/C14H14ClN5O2S/c1-18-13(21)5-6-20(14(18)22)12-4-3-10(7-11(12)15)17-9-19(8-16)23-2/h3-7,17H,9H2,1-2H3. The summed E-state index contributed by atoms with van der Waals surface area (Å²) < 4.78 is 3.77. The molecule has 0 amide bonds. The van der Waals surface area contributed by atoms with Gasteiger partial charge >= 0.3 is 5.69 Å². The zero-order valence-electron chi connectivity index (χ0n) is 12.5. The SMILES string of the molecule is CSN(C#N)CNc1ccc(-n2ccc(=O)n(C)c2=O)c(Cl)c1. The smallest absolute Gasteiger partial charge is 0.335 e. The molecule has 0 spiro atoms. The van der Waals surface area contributed by atoms with E-state index in [1.165, 1.54) is 40.1 Å². The highest BCUT2D eigenvalue weighted by atomic mass is 35.5. The zero-order valence-corrected chi connectivity index (χ0v) is 14.1. The molecule has 9 heteroatoms. The van der Waals surface area contributed by atoms with E-state index in [9.17, 15) is 9.59 Å². The Labute approximate surface area is 141 Å². The summed E-state index contributed by atoms with van der Waals surface area (Å²) in [6.45, 7) is 0.327. The predicted molar refractivity (Wildman–Crippen MR) is 91.7 cm³/mol. The highest BCUT2D eigenvalue weighted by Crippen LogP contribution is 2.23. The lowest BCUT2D eigenvalue weighted by Crippen LogP contribution is -2.36. The summed E-state index contributed by atoms with van der Waals surface area (Å²) in [5.41, 5.74) is 0.332. The fraction of sp³-hybridized carbons (Fsp3) is 0.214. The molecule has 0 bridgehead atoms. The first-order valence-corrected chi connectivity index (χ1v) is 8.07. The second-order valence-corrected chi connectivity index (χ2v) is 5.74. The number of hydrogen-bond acceptors (Lipinski definition) is 6. The number of halogens is 1. The molecule has 23 heavy (non-hydrogen) atoms. The first kappa shape index (κ1) is 17.0. The van der Waals surface area contributed by atoms with Crippen LogP contribution >= 0.6 is 23.5 Å². The third-order valence-electron chi connectivity index (χ3n) is 3.16. The van der Waals surface area contributed by atoms with Crippen molar-refractivity contribution in [2.45, 2.75) is 0 Å². The van der Waals surface area contributed by atoms with E-state index in [2.05, 4.69) is 5.32 Å². The van der Waals surface area contributed by atoms with Crippen LogP contribution in [-0.4, -0.2) is 26.4 Å². The van der Waals surface area contributed by atoms with Crippen LogP contribution in [0, 0.1) is 11.5 Å². The van der Waals surface area contributed by atoms with E-state index in [0.717, 1.165) is 4.57 Å². The van der Waals surface area contributed by atoms with Crippen LogP contribution < -0.4 is 16.6 Å². The van der Waals surface area contributed by atoms with Gasteiger partial charge in [-0.2, -0.15) is 5.26 Å². The Morgan fingerprint density at radius 2 is 2.13 bits per heavy atom. The van der Waals surface area contributed by atoms with Crippen molar-refractivity contribution in [2.24, 2.45) is 7.05 Å². The van der Waals surface area contributed by atoms with Gasteiger partial charge in [-0.15, -0.1) is 0 Å². The molecule has 0 aliphatic heterocycles. The minimum absolute atomic E-state index is 0.327. The van der Waals surface area contributed by atoms with Crippen LogP contribution in [0.5, 0.6) is 0 Å². The number of nitriles is 1. The summed E-state index contributed by atoms with van der Waals surface area (Å²) in [4.78, 5) is 23.6. The van der Waals surface area contributed by atoms with Gasteiger partial charge in [0.1, 0.15) is 6.67 Å². The van der Waals surface area contributed by atoms with Crippen LogP contribution in [0.25, 0.3) is 5.69 Å². The van der Waals surface area contributed by atoms with Crippen LogP contribution in [0.15, 0.2) is 40.1 Å². The highest BCUT2D eigenvalue weighted by Gasteiger charge is 2.09. The van der Waals surface area contributed by atoms with Crippen molar-refractivity contribution >= 4 is 29.2 Å². The molecule has 0 fully saturated rings. The second kappa shape index (κ2) is 7.26. The minimum atomic E-state index is -0.474. The van der Waals surface area contributed by atoms with Crippen LogP contribution in [0.1, 0.15) is 0 Å². The van der Waals surface area contributed by atoms with Crippen molar-refractivity contribution in [3.63, 3.8) is 0 Å². The zero-order chi connectivity index (χ0) is 17.0. The van der Waals surface area contributed by atoms with Gasteiger partial charge in [-0.3, -0.25) is 13.9 Å². The molecule has 0 atom stereocenters. The van der Waals surface area contributed by atoms with Gasteiger partial charge in [-0.1, -0.05) is 11.6 Å². The van der Waals surface area contributed by atoms with Gasteiger partial charge < -0.3 is 5.32 Å². The van der Waals surface area contributed by atoms with Gasteiger partial charge in [0.25, 0.3) is 5.56 Å². The molecule has 2 aromatic rings. The summed E-state index contributed by atoms with van der Waals surface area (Å²) in [6, 6.07) is 6.37. The number of hydrogen-bond donors (Lipinski definition) is 1. The molecule has 0 saturated carbocycles. The maximum absolute atomic E-state index is 12.1. The van der Waals surface area contributed by atoms with Crippen LogP contribution in [-0.2, 0) is 7.05 Å². The van der Waals surface area contributed by atoms with Crippen molar-refractivity contribution in [1.29, 1.82) is 5.26 Å². The summed E-state index contributed by atoms with van der Waals surface area (Å²) in [5, 5.41) is 12.3. The average Bonchev–Trinajstić information content (AvgIpc) is 2.55. The van der Waals surface area contributed by atoms with E-state index in [1.54, 1.807) is 24.5 Å². The fourth-order valence-electron chi connectivity index (χ4n) is 1.87. The Morgan fingerprint density at radius 3 is 2.74 bits per heavy atom. The van der Waals surface area contributed by atoms with Crippen LogP contribution in [0.4, 0.5) is 5.69 Å². The van der Waals surface area contributed by atoms with E-state index < -0.39 is 5.69 Å². The summed E-state index contributed by atoms with van der Waals surface area (Å²) in [7, 11) is 1.41. The molecule has 1 N–H and O–H groups in total. The molecule has 0 saturated heterocycles. The molecule has 1 aromatic heterocycles. The minimum Gasteiger partial charge on any atom is -0.366 e. The van der Waals surface area contributed by atoms with Crippen molar-refractivity contribution in [3.05, 3.63) is 56.3 Å². The number of nitrogens with zero attached hydrogens (tertiary/aromatic N) is 4. The third-order valence-corrected chi connectivity index (χ3v) is 4.11. The molecule has 0 radical (unpaired) electrons. The van der Waals surface area contributed by atoms with E-state index in [1.807, 2.05) is 6.19 Å². The second-order valence-electron chi connectivity index (χ2n) is 4.53. The van der Waals surface area contributed by atoms with Crippen LogP contribution in [0.2, 0.25) is 5.02 Å². The van der Waals surface area contributed by atoms with E-state index in [0.29, 0.717) is 23.1 Å². The number of rotatable bonds is 5. The Kier molecular flexibility index (Phi) is 5.36. The Hall–Kier alpha value is -2.37. The van der Waals surface area contributed by atoms with E-state index >= 15 is 0 Å². The lowest BCUT2D eigenvalue weighted by Gasteiger charge is -2.15. The fourth-order valence-corrected chi connectivity index (χ4v) is 2.42. The molecule has 7 nitrogen and oxygen atoms in total. The lowest BCUT2D eigenvalue weighted by atomic mass is 10.2. The predicted octanol–water partition coefficient (Wildman–Crippen LogP) is 1.62.